The van der Waals surface area contributed by atoms with Crippen molar-refractivity contribution >= 4 is 11.9 Å². The molecule has 1 aliphatic rings. The number of halogens is 2. The summed E-state index contributed by atoms with van der Waals surface area (Å²) in [5.41, 5.74) is 0.0493. The van der Waals surface area contributed by atoms with E-state index in [-0.39, 0.29) is 5.56 Å². The van der Waals surface area contributed by atoms with E-state index in [0.29, 0.717) is 19.3 Å². The molecule has 0 radical (unpaired) electrons. The molecule has 0 spiro atoms. The summed E-state index contributed by atoms with van der Waals surface area (Å²) in [6.07, 6.45) is 1.65. The molecule has 0 aliphatic heterocycles. The molecule has 1 aromatic rings. The predicted molar refractivity (Wildman–Crippen MR) is 71.4 cm³/mol. The molecule has 1 aliphatic carbocycles. The maximum atomic E-state index is 13.6. The quantitative estimate of drug-likeness (QED) is 0.898. The first-order valence-corrected chi connectivity index (χ1v) is 6.88. The van der Waals surface area contributed by atoms with E-state index in [1.165, 1.54) is 0 Å². The molecule has 0 saturated heterocycles. The van der Waals surface area contributed by atoms with Gasteiger partial charge in [-0.15, -0.1) is 0 Å². The predicted octanol–water partition coefficient (Wildman–Crippen LogP) is 2.64. The fraction of sp³-hybridized carbons (Fsp3) is 0.467. The SMILES string of the molecule is CC(NC(=O)C1CCCC1C(=O)O)c1cc(F)ccc1F. The van der Waals surface area contributed by atoms with Gasteiger partial charge < -0.3 is 10.4 Å². The zero-order valence-electron chi connectivity index (χ0n) is 11.6. The lowest BCUT2D eigenvalue weighted by atomic mass is 9.94. The maximum absolute atomic E-state index is 13.6. The standard InChI is InChI=1S/C15H17F2NO3/c1-8(12-7-9(16)5-6-13(12)17)18-14(19)10-3-2-4-11(10)15(20)21/h5-8,10-11H,2-4H2,1H3,(H,18,19)(H,20,21). The van der Waals surface area contributed by atoms with Crippen LogP contribution in [0.15, 0.2) is 18.2 Å². The van der Waals surface area contributed by atoms with Gasteiger partial charge in [0, 0.05) is 5.56 Å². The number of carboxylic acids is 1. The summed E-state index contributed by atoms with van der Waals surface area (Å²) in [5, 5.41) is 11.7. The highest BCUT2D eigenvalue weighted by molar-refractivity contribution is 5.85. The van der Waals surface area contributed by atoms with Gasteiger partial charge >= 0.3 is 5.97 Å². The molecule has 1 fully saturated rings. The lowest BCUT2D eigenvalue weighted by molar-refractivity contribution is -0.146. The Hall–Kier alpha value is -1.98. The Labute approximate surface area is 121 Å². The molecule has 1 aromatic carbocycles. The molecule has 0 heterocycles. The van der Waals surface area contributed by atoms with Crippen LogP contribution in [0.25, 0.3) is 0 Å². The van der Waals surface area contributed by atoms with Crippen LogP contribution in [0.3, 0.4) is 0 Å². The van der Waals surface area contributed by atoms with Gasteiger partial charge in [0.1, 0.15) is 11.6 Å². The molecule has 21 heavy (non-hydrogen) atoms. The van der Waals surface area contributed by atoms with Gasteiger partial charge in [-0.25, -0.2) is 8.78 Å². The van der Waals surface area contributed by atoms with Crippen LogP contribution in [0.1, 0.15) is 37.8 Å². The van der Waals surface area contributed by atoms with Crippen LogP contribution < -0.4 is 5.32 Å². The second kappa shape index (κ2) is 6.20. The van der Waals surface area contributed by atoms with Crippen LogP contribution in [-0.2, 0) is 9.59 Å². The minimum atomic E-state index is -0.989. The Balaban J connectivity index is 2.08. The summed E-state index contributed by atoms with van der Waals surface area (Å²) in [4.78, 5) is 23.2. The lowest BCUT2D eigenvalue weighted by Crippen LogP contribution is -2.36. The molecule has 4 nitrogen and oxygen atoms in total. The molecule has 3 unspecified atom stereocenters. The smallest absolute Gasteiger partial charge is 0.307 e. The topological polar surface area (TPSA) is 66.4 Å². The average molecular weight is 297 g/mol. The van der Waals surface area contributed by atoms with E-state index in [2.05, 4.69) is 5.32 Å². The Morgan fingerprint density at radius 2 is 1.95 bits per heavy atom. The van der Waals surface area contributed by atoms with Crippen molar-refractivity contribution in [3.8, 4) is 0 Å². The van der Waals surface area contributed by atoms with Crippen molar-refractivity contribution in [3.05, 3.63) is 35.4 Å². The van der Waals surface area contributed by atoms with Gasteiger partial charge in [-0.05, 0) is 38.0 Å². The molecular weight excluding hydrogens is 280 g/mol. The Bertz CT molecular complexity index is 562. The Morgan fingerprint density at radius 3 is 2.62 bits per heavy atom. The van der Waals surface area contributed by atoms with Crippen molar-refractivity contribution in [2.24, 2.45) is 11.8 Å². The summed E-state index contributed by atoms with van der Waals surface area (Å²) in [6, 6.07) is 2.32. The molecule has 114 valence electrons. The van der Waals surface area contributed by atoms with Crippen LogP contribution in [0, 0.1) is 23.5 Å². The summed E-state index contributed by atoms with van der Waals surface area (Å²) < 4.78 is 26.8. The van der Waals surface area contributed by atoms with Gasteiger partial charge in [0.25, 0.3) is 0 Å². The molecule has 0 aromatic heterocycles. The van der Waals surface area contributed by atoms with Crippen molar-refractivity contribution in [1.29, 1.82) is 0 Å². The number of hydrogen-bond acceptors (Lipinski definition) is 2. The van der Waals surface area contributed by atoms with Crippen LogP contribution in [0.4, 0.5) is 8.78 Å². The minimum Gasteiger partial charge on any atom is -0.481 e. The molecular formula is C15H17F2NO3. The van der Waals surface area contributed by atoms with Crippen molar-refractivity contribution < 1.29 is 23.5 Å². The lowest BCUT2D eigenvalue weighted by Gasteiger charge is -2.20. The highest BCUT2D eigenvalue weighted by Gasteiger charge is 2.38. The molecule has 1 saturated carbocycles. The fourth-order valence-corrected chi connectivity index (χ4v) is 2.81. The molecule has 3 atom stereocenters. The number of nitrogens with one attached hydrogen (secondary N) is 1. The zero-order chi connectivity index (χ0) is 15.6. The number of amides is 1. The van der Waals surface area contributed by atoms with E-state index in [9.17, 15) is 18.4 Å². The average Bonchev–Trinajstić information content (AvgIpc) is 2.91. The summed E-state index contributed by atoms with van der Waals surface area (Å²) in [6.45, 7) is 1.54. The van der Waals surface area contributed by atoms with Crippen molar-refractivity contribution in [2.45, 2.75) is 32.2 Å². The number of rotatable bonds is 4. The first-order valence-electron chi connectivity index (χ1n) is 6.88. The van der Waals surface area contributed by atoms with Crippen LogP contribution >= 0.6 is 0 Å². The van der Waals surface area contributed by atoms with E-state index < -0.39 is 41.4 Å². The number of carbonyl (C=O) groups is 2. The normalized spacial score (nSPS) is 22.8. The first-order chi connectivity index (χ1) is 9.90. The van der Waals surface area contributed by atoms with Crippen LogP contribution in [-0.4, -0.2) is 17.0 Å². The molecule has 2 N–H and O–H groups in total. The molecule has 0 bridgehead atoms. The van der Waals surface area contributed by atoms with E-state index in [1.807, 2.05) is 0 Å². The Kier molecular flexibility index (Phi) is 4.55. The number of hydrogen-bond donors (Lipinski definition) is 2. The van der Waals surface area contributed by atoms with Gasteiger partial charge in [0.15, 0.2) is 0 Å². The third-order valence-corrected chi connectivity index (χ3v) is 3.95. The number of carbonyl (C=O) groups excluding carboxylic acids is 1. The van der Waals surface area contributed by atoms with E-state index in [0.717, 1.165) is 18.2 Å². The van der Waals surface area contributed by atoms with Crippen LogP contribution in [0.2, 0.25) is 0 Å². The first kappa shape index (κ1) is 15.4. The van der Waals surface area contributed by atoms with Crippen molar-refractivity contribution in [2.75, 3.05) is 0 Å². The molecule has 2 rings (SSSR count). The largest absolute Gasteiger partial charge is 0.481 e. The maximum Gasteiger partial charge on any atom is 0.307 e. The second-order valence-electron chi connectivity index (χ2n) is 5.38. The Morgan fingerprint density at radius 1 is 1.29 bits per heavy atom. The second-order valence-corrected chi connectivity index (χ2v) is 5.38. The molecule has 6 heteroatoms. The third-order valence-electron chi connectivity index (χ3n) is 3.95. The van der Waals surface area contributed by atoms with Gasteiger partial charge in [0.2, 0.25) is 5.91 Å². The van der Waals surface area contributed by atoms with Gasteiger partial charge in [-0.1, -0.05) is 6.42 Å². The van der Waals surface area contributed by atoms with Crippen molar-refractivity contribution in [3.63, 3.8) is 0 Å². The minimum absolute atomic E-state index is 0.0493. The van der Waals surface area contributed by atoms with E-state index in [4.69, 9.17) is 5.11 Å². The van der Waals surface area contributed by atoms with E-state index in [1.54, 1.807) is 6.92 Å². The summed E-state index contributed by atoms with van der Waals surface area (Å²) in [5.74, 6) is -3.91. The highest BCUT2D eigenvalue weighted by Crippen LogP contribution is 2.32. The van der Waals surface area contributed by atoms with Crippen LogP contribution in [0.5, 0.6) is 0 Å². The zero-order valence-corrected chi connectivity index (χ0v) is 11.6. The fourth-order valence-electron chi connectivity index (χ4n) is 2.81. The number of carboxylic acid groups (broad SMARTS) is 1. The van der Waals surface area contributed by atoms with Crippen molar-refractivity contribution in [1.82, 2.24) is 5.32 Å². The van der Waals surface area contributed by atoms with Gasteiger partial charge in [-0.2, -0.15) is 0 Å². The molecule has 1 amide bonds. The van der Waals surface area contributed by atoms with Gasteiger partial charge in [-0.3, -0.25) is 9.59 Å². The third kappa shape index (κ3) is 3.37. The number of aliphatic carboxylic acids is 1. The van der Waals surface area contributed by atoms with E-state index >= 15 is 0 Å². The summed E-state index contributed by atoms with van der Waals surface area (Å²) in [7, 11) is 0. The van der Waals surface area contributed by atoms with Gasteiger partial charge in [0.05, 0.1) is 17.9 Å². The summed E-state index contributed by atoms with van der Waals surface area (Å²) >= 11 is 0. The number of benzene rings is 1. The highest BCUT2D eigenvalue weighted by atomic mass is 19.1. The monoisotopic (exact) mass is 297 g/mol.